The third-order valence-corrected chi connectivity index (χ3v) is 6.69. The molecule has 2 saturated heterocycles. The van der Waals surface area contributed by atoms with Gasteiger partial charge in [-0.05, 0) is 30.4 Å². The summed E-state index contributed by atoms with van der Waals surface area (Å²) >= 11 is 0. The van der Waals surface area contributed by atoms with Gasteiger partial charge in [-0.3, -0.25) is 14.5 Å². The maximum atomic E-state index is 13.5. The molecule has 0 saturated carbocycles. The van der Waals surface area contributed by atoms with Crippen molar-refractivity contribution >= 4 is 11.8 Å². The van der Waals surface area contributed by atoms with Crippen molar-refractivity contribution in [2.24, 2.45) is 5.73 Å². The fraction of sp³-hybridized carbons (Fsp3) is 0.462. The summed E-state index contributed by atoms with van der Waals surface area (Å²) in [7, 11) is 0. The zero-order valence-corrected chi connectivity index (χ0v) is 19.2. The molecule has 2 aliphatic heterocycles. The number of rotatable bonds is 8. The summed E-state index contributed by atoms with van der Waals surface area (Å²) in [5, 5.41) is 6.22. The second kappa shape index (κ2) is 11.4. The molecule has 176 valence electrons. The summed E-state index contributed by atoms with van der Waals surface area (Å²) in [6, 6.07) is 20.9. The lowest BCUT2D eigenvalue weighted by atomic mass is 10.00. The number of nitrogens with zero attached hydrogens (tertiary/aromatic N) is 2. The summed E-state index contributed by atoms with van der Waals surface area (Å²) in [4.78, 5) is 29.7. The Morgan fingerprint density at radius 2 is 1.70 bits per heavy atom. The Hall–Kier alpha value is -2.74. The van der Waals surface area contributed by atoms with Gasteiger partial charge >= 0.3 is 0 Å². The summed E-state index contributed by atoms with van der Waals surface area (Å²) < 4.78 is 0. The molecule has 0 bridgehead atoms. The largest absolute Gasteiger partial charge is 0.351 e. The Bertz CT molecular complexity index is 907. The Morgan fingerprint density at radius 3 is 2.39 bits per heavy atom. The van der Waals surface area contributed by atoms with Gasteiger partial charge in [-0.2, -0.15) is 0 Å². The first-order valence-corrected chi connectivity index (χ1v) is 12.0. The second-order valence-corrected chi connectivity index (χ2v) is 9.10. The lowest BCUT2D eigenvalue weighted by Gasteiger charge is -2.42. The van der Waals surface area contributed by atoms with Crippen molar-refractivity contribution in [3.8, 4) is 0 Å². The zero-order valence-electron chi connectivity index (χ0n) is 19.2. The average molecular weight is 450 g/mol. The smallest absolute Gasteiger partial charge is 0.240 e. The Kier molecular flexibility index (Phi) is 8.10. The Morgan fingerprint density at radius 1 is 1.00 bits per heavy atom. The molecule has 2 aromatic carbocycles. The average Bonchev–Trinajstić information content (AvgIpc) is 3.32. The van der Waals surface area contributed by atoms with Crippen molar-refractivity contribution in [3.05, 3.63) is 71.8 Å². The molecule has 2 aliphatic rings. The van der Waals surface area contributed by atoms with Gasteiger partial charge in [-0.1, -0.05) is 60.7 Å². The molecule has 2 fully saturated rings. The summed E-state index contributed by atoms with van der Waals surface area (Å²) in [6.45, 7) is 3.93. The van der Waals surface area contributed by atoms with Crippen molar-refractivity contribution < 1.29 is 9.59 Å². The van der Waals surface area contributed by atoms with Crippen molar-refractivity contribution in [2.75, 3.05) is 32.7 Å². The molecular formula is C26H35N5O2. The Balaban J connectivity index is 1.41. The standard InChI is InChI=1S/C26H35N5O2/c27-16-25(32)29-22-15-24(28-17-22)26(33)31-14-13-30(18-21-9-5-2-6-10-21)19-23(31)12-11-20-7-3-1-4-8-20/h1-10,22-24,28H,11-19,27H2,(H,29,32)/t22-,23+,24+/m0/s1. The molecule has 0 aliphatic carbocycles. The highest BCUT2D eigenvalue weighted by molar-refractivity contribution is 5.83. The highest BCUT2D eigenvalue weighted by atomic mass is 16.2. The predicted molar refractivity (Wildman–Crippen MR) is 129 cm³/mol. The molecule has 0 radical (unpaired) electrons. The SMILES string of the molecule is NCC(=O)N[C@@H]1CN[C@@H](C(=O)N2CCN(Cc3ccccc3)C[C@H]2CCc2ccccc2)C1. The van der Waals surface area contributed by atoms with E-state index in [1.165, 1.54) is 11.1 Å². The number of piperazine rings is 1. The van der Waals surface area contributed by atoms with E-state index < -0.39 is 0 Å². The van der Waals surface area contributed by atoms with Crippen molar-refractivity contribution in [2.45, 2.75) is 43.9 Å². The highest BCUT2D eigenvalue weighted by Gasteiger charge is 2.37. The monoisotopic (exact) mass is 449 g/mol. The minimum Gasteiger partial charge on any atom is -0.351 e. The van der Waals surface area contributed by atoms with Crippen molar-refractivity contribution in [1.82, 2.24) is 20.4 Å². The van der Waals surface area contributed by atoms with E-state index in [4.69, 9.17) is 5.73 Å². The maximum absolute atomic E-state index is 13.5. The van der Waals surface area contributed by atoms with E-state index in [9.17, 15) is 9.59 Å². The zero-order chi connectivity index (χ0) is 23.0. The van der Waals surface area contributed by atoms with Crippen LogP contribution in [-0.4, -0.2) is 72.5 Å². The van der Waals surface area contributed by atoms with Gasteiger partial charge in [0.25, 0.3) is 0 Å². The normalized spacial score (nSPS) is 23.4. The highest BCUT2D eigenvalue weighted by Crippen LogP contribution is 2.21. The van der Waals surface area contributed by atoms with Crippen LogP contribution >= 0.6 is 0 Å². The molecular weight excluding hydrogens is 414 g/mol. The van der Waals surface area contributed by atoms with Crippen molar-refractivity contribution in [1.29, 1.82) is 0 Å². The molecule has 0 unspecified atom stereocenters. The van der Waals surface area contributed by atoms with Crippen LogP contribution in [0.1, 0.15) is 24.0 Å². The van der Waals surface area contributed by atoms with Gasteiger partial charge < -0.3 is 21.3 Å². The van der Waals surface area contributed by atoms with Gasteiger partial charge in [0.15, 0.2) is 0 Å². The Labute approximate surface area is 196 Å². The number of amides is 2. The molecule has 7 nitrogen and oxygen atoms in total. The van der Waals surface area contributed by atoms with Gasteiger partial charge in [-0.25, -0.2) is 0 Å². The van der Waals surface area contributed by atoms with Crippen LogP contribution in [0.3, 0.4) is 0 Å². The van der Waals surface area contributed by atoms with Crippen LogP contribution in [0.2, 0.25) is 0 Å². The molecule has 2 heterocycles. The number of nitrogens with two attached hydrogens (primary N) is 1. The topological polar surface area (TPSA) is 90.7 Å². The van der Waals surface area contributed by atoms with Gasteiger partial charge in [0, 0.05) is 44.8 Å². The van der Waals surface area contributed by atoms with Crippen LogP contribution in [0.15, 0.2) is 60.7 Å². The van der Waals surface area contributed by atoms with Gasteiger partial charge in [0.2, 0.25) is 11.8 Å². The molecule has 0 aromatic heterocycles. The van der Waals surface area contributed by atoms with Crippen LogP contribution in [0.4, 0.5) is 0 Å². The van der Waals surface area contributed by atoms with E-state index in [0.29, 0.717) is 13.0 Å². The maximum Gasteiger partial charge on any atom is 0.240 e. The molecule has 2 amide bonds. The van der Waals surface area contributed by atoms with E-state index in [-0.39, 0.29) is 36.5 Å². The molecule has 4 rings (SSSR count). The van der Waals surface area contributed by atoms with E-state index in [1.807, 2.05) is 12.1 Å². The number of carbonyl (C=O) groups is 2. The van der Waals surface area contributed by atoms with E-state index in [1.54, 1.807) is 0 Å². The van der Waals surface area contributed by atoms with Crippen molar-refractivity contribution in [3.63, 3.8) is 0 Å². The van der Waals surface area contributed by atoms with Crippen LogP contribution in [0.5, 0.6) is 0 Å². The number of aryl methyl sites for hydroxylation is 1. The second-order valence-electron chi connectivity index (χ2n) is 9.10. The van der Waals surface area contributed by atoms with Gasteiger partial charge in [0.05, 0.1) is 12.6 Å². The third-order valence-electron chi connectivity index (χ3n) is 6.69. The minimum atomic E-state index is -0.257. The number of hydrogen-bond acceptors (Lipinski definition) is 5. The lowest BCUT2D eigenvalue weighted by molar-refractivity contribution is -0.138. The van der Waals surface area contributed by atoms with Gasteiger partial charge in [0.1, 0.15) is 0 Å². The first kappa shape index (κ1) is 23.4. The molecule has 3 atom stereocenters. The molecule has 4 N–H and O–H groups in total. The van der Waals surface area contributed by atoms with Crippen LogP contribution in [-0.2, 0) is 22.6 Å². The fourth-order valence-electron chi connectivity index (χ4n) is 4.94. The molecule has 7 heteroatoms. The van der Waals surface area contributed by atoms with Crippen LogP contribution in [0.25, 0.3) is 0 Å². The third kappa shape index (κ3) is 6.41. The number of carbonyl (C=O) groups excluding carboxylic acids is 2. The van der Waals surface area contributed by atoms with E-state index in [0.717, 1.165) is 39.0 Å². The summed E-state index contributed by atoms with van der Waals surface area (Å²) in [5.74, 6) is -0.0258. The summed E-state index contributed by atoms with van der Waals surface area (Å²) in [5.41, 5.74) is 8.02. The number of nitrogens with one attached hydrogen (secondary N) is 2. The van der Waals surface area contributed by atoms with Crippen LogP contribution < -0.4 is 16.4 Å². The van der Waals surface area contributed by atoms with Gasteiger partial charge in [-0.15, -0.1) is 0 Å². The van der Waals surface area contributed by atoms with E-state index in [2.05, 4.69) is 69.0 Å². The first-order valence-electron chi connectivity index (χ1n) is 12.0. The molecule has 33 heavy (non-hydrogen) atoms. The molecule has 0 spiro atoms. The number of hydrogen-bond donors (Lipinski definition) is 3. The first-order chi connectivity index (χ1) is 16.1. The summed E-state index contributed by atoms with van der Waals surface area (Å²) in [6.07, 6.45) is 2.49. The van der Waals surface area contributed by atoms with E-state index >= 15 is 0 Å². The molecule has 2 aromatic rings. The predicted octanol–water partition coefficient (Wildman–Crippen LogP) is 1.14. The fourth-order valence-corrected chi connectivity index (χ4v) is 4.94. The minimum absolute atomic E-state index is 0.0277. The quantitative estimate of drug-likeness (QED) is 0.562. The number of benzene rings is 2. The lowest BCUT2D eigenvalue weighted by Crippen LogP contribution is -2.58. The van der Waals surface area contributed by atoms with Crippen LogP contribution in [0, 0.1) is 0 Å².